The Hall–Kier alpha value is -2.39. The molecule has 0 heterocycles. The second-order valence-corrected chi connectivity index (χ2v) is 9.68. The van der Waals surface area contributed by atoms with E-state index in [2.05, 4.69) is 21.2 Å². The highest BCUT2D eigenvalue weighted by atomic mass is 79.9. The molecule has 1 N–H and O–H groups in total. The van der Waals surface area contributed by atoms with E-state index in [0.717, 1.165) is 20.6 Å². The molecule has 30 heavy (non-hydrogen) atoms. The lowest BCUT2D eigenvalue weighted by molar-refractivity contribution is -0.138. The van der Waals surface area contributed by atoms with Gasteiger partial charge in [0.05, 0.1) is 11.9 Å². The predicted molar refractivity (Wildman–Crippen MR) is 122 cm³/mol. The van der Waals surface area contributed by atoms with Crippen molar-refractivity contribution in [1.29, 1.82) is 0 Å². The number of nitrogens with zero attached hydrogens (tertiary/aromatic N) is 2. The first kappa shape index (κ1) is 23.9. The van der Waals surface area contributed by atoms with Gasteiger partial charge in [0.15, 0.2) is 0 Å². The van der Waals surface area contributed by atoms with Crippen molar-refractivity contribution >= 4 is 43.5 Å². The van der Waals surface area contributed by atoms with Gasteiger partial charge in [-0.2, -0.15) is 0 Å². The molecule has 2 aromatic rings. The monoisotopic (exact) mass is 495 g/mol. The topological polar surface area (TPSA) is 86.8 Å². The normalized spacial score (nSPS) is 12.1. The van der Waals surface area contributed by atoms with Crippen LogP contribution in [0.3, 0.4) is 0 Å². The molecule has 9 heteroatoms. The summed E-state index contributed by atoms with van der Waals surface area (Å²) in [4.78, 5) is 26.8. The molecule has 2 rings (SSSR count). The highest BCUT2D eigenvalue weighted by Gasteiger charge is 2.29. The lowest BCUT2D eigenvalue weighted by Gasteiger charge is -2.31. The maximum absolute atomic E-state index is 13.2. The van der Waals surface area contributed by atoms with E-state index in [1.165, 1.54) is 11.9 Å². The Balaban J connectivity index is 2.27. The van der Waals surface area contributed by atoms with Crippen LogP contribution in [0.25, 0.3) is 0 Å². The number of hydrogen-bond donors (Lipinski definition) is 1. The Labute approximate surface area is 186 Å². The standard InChI is InChI=1S/C21H26BrN3O4S/c1-16(21(27)23-2)24(14-13-17-7-5-4-6-8-17)20(26)15-25(30(3,28)29)19-11-9-18(22)10-12-19/h4-12,16H,13-15H2,1-3H3,(H,23,27)/t16-/m0/s1. The molecule has 0 fully saturated rings. The molecular weight excluding hydrogens is 470 g/mol. The van der Waals surface area contributed by atoms with E-state index in [0.29, 0.717) is 12.1 Å². The fraction of sp³-hybridized carbons (Fsp3) is 0.333. The smallest absolute Gasteiger partial charge is 0.244 e. The largest absolute Gasteiger partial charge is 0.357 e. The SMILES string of the molecule is CNC(=O)[C@H](C)N(CCc1ccccc1)C(=O)CN(c1ccc(Br)cc1)S(C)(=O)=O. The van der Waals surface area contributed by atoms with E-state index in [-0.39, 0.29) is 12.5 Å². The lowest BCUT2D eigenvalue weighted by Crippen LogP contribution is -2.51. The minimum atomic E-state index is -3.71. The van der Waals surface area contributed by atoms with Gasteiger partial charge in [0.25, 0.3) is 0 Å². The van der Waals surface area contributed by atoms with Crippen molar-refractivity contribution in [2.24, 2.45) is 0 Å². The van der Waals surface area contributed by atoms with Crippen LogP contribution >= 0.6 is 15.9 Å². The van der Waals surface area contributed by atoms with Crippen molar-refractivity contribution < 1.29 is 18.0 Å². The minimum absolute atomic E-state index is 0.287. The van der Waals surface area contributed by atoms with Gasteiger partial charge < -0.3 is 10.2 Å². The van der Waals surface area contributed by atoms with E-state index < -0.39 is 28.5 Å². The molecule has 0 unspecified atom stereocenters. The molecule has 0 saturated heterocycles. The quantitative estimate of drug-likeness (QED) is 0.578. The minimum Gasteiger partial charge on any atom is -0.357 e. The average Bonchev–Trinajstić information content (AvgIpc) is 2.72. The molecule has 7 nitrogen and oxygen atoms in total. The van der Waals surface area contributed by atoms with Gasteiger partial charge in [0, 0.05) is 18.1 Å². The third kappa shape index (κ3) is 6.56. The summed E-state index contributed by atoms with van der Waals surface area (Å²) in [6.07, 6.45) is 1.60. The third-order valence-corrected chi connectivity index (χ3v) is 6.36. The Bertz CT molecular complexity index is 966. The molecule has 0 aromatic heterocycles. The van der Waals surface area contributed by atoms with Crippen LogP contribution in [-0.2, 0) is 26.0 Å². The molecule has 0 aliphatic heterocycles. The zero-order valence-corrected chi connectivity index (χ0v) is 19.6. The van der Waals surface area contributed by atoms with Gasteiger partial charge in [-0.1, -0.05) is 46.3 Å². The lowest BCUT2D eigenvalue weighted by atomic mass is 10.1. The van der Waals surface area contributed by atoms with Crippen LogP contribution in [0, 0.1) is 0 Å². The van der Waals surface area contributed by atoms with Crippen LogP contribution in [0.5, 0.6) is 0 Å². The molecule has 162 valence electrons. The third-order valence-electron chi connectivity index (χ3n) is 4.69. The Kier molecular flexibility index (Phi) is 8.43. The van der Waals surface area contributed by atoms with Crippen molar-refractivity contribution in [2.45, 2.75) is 19.4 Å². The highest BCUT2D eigenvalue weighted by Crippen LogP contribution is 2.21. The zero-order chi connectivity index (χ0) is 22.3. The first-order chi connectivity index (χ1) is 14.1. The Morgan fingerprint density at radius 1 is 1.07 bits per heavy atom. The summed E-state index contributed by atoms with van der Waals surface area (Å²) in [5.74, 6) is -0.763. The van der Waals surface area contributed by atoms with Crippen molar-refractivity contribution in [3.8, 4) is 0 Å². The summed E-state index contributed by atoms with van der Waals surface area (Å²) >= 11 is 3.32. The van der Waals surface area contributed by atoms with Crippen molar-refractivity contribution in [3.63, 3.8) is 0 Å². The number of hydrogen-bond acceptors (Lipinski definition) is 4. The van der Waals surface area contributed by atoms with E-state index >= 15 is 0 Å². The number of likely N-dealkylation sites (N-methyl/N-ethyl adjacent to an activating group) is 1. The molecule has 2 amide bonds. The Morgan fingerprint density at radius 3 is 2.20 bits per heavy atom. The average molecular weight is 496 g/mol. The van der Waals surface area contributed by atoms with E-state index in [1.54, 1.807) is 31.2 Å². The molecule has 0 saturated carbocycles. The van der Waals surface area contributed by atoms with Gasteiger partial charge in [-0.3, -0.25) is 13.9 Å². The highest BCUT2D eigenvalue weighted by molar-refractivity contribution is 9.10. The number of sulfonamides is 1. The summed E-state index contributed by atoms with van der Waals surface area (Å²) in [5, 5.41) is 2.55. The summed E-state index contributed by atoms with van der Waals surface area (Å²) in [6, 6.07) is 15.5. The first-order valence-electron chi connectivity index (χ1n) is 9.41. The van der Waals surface area contributed by atoms with E-state index in [4.69, 9.17) is 0 Å². The molecule has 0 aliphatic rings. The van der Waals surface area contributed by atoms with Gasteiger partial charge >= 0.3 is 0 Å². The predicted octanol–water partition coefficient (Wildman–Crippen LogP) is 2.42. The molecule has 2 aromatic carbocycles. The molecule has 0 bridgehead atoms. The number of rotatable bonds is 9. The van der Waals surface area contributed by atoms with E-state index in [1.807, 2.05) is 30.3 Å². The molecular formula is C21H26BrN3O4S. The van der Waals surface area contributed by atoms with Crippen LogP contribution in [0.15, 0.2) is 59.1 Å². The Morgan fingerprint density at radius 2 is 1.67 bits per heavy atom. The van der Waals surface area contributed by atoms with Gasteiger partial charge in [0.2, 0.25) is 21.8 Å². The number of benzene rings is 2. The maximum Gasteiger partial charge on any atom is 0.244 e. The van der Waals surface area contributed by atoms with Crippen LogP contribution in [-0.4, -0.2) is 57.6 Å². The number of carbonyl (C=O) groups excluding carboxylic acids is 2. The fourth-order valence-electron chi connectivity index (χ4n) is 3.00. The maximum atomic E-state index is 13.2. The first-order valence-corrected chi connectivity index (χ1v) is 12.1. The van der Waals surface area contributed by atoms with E-state index in [9.17, 15) is 18.0 Å². The number of halogens is 1. The van der Waals surface area contributed by atoms with Gasteiger partial charge in [-0.25, -0.2) is 8.42 Å². The molecule has 1 atom stereocenters. The van der Waals surface area contributed by atoms with Crippen LogP contribution in [0.4, 0.5) is 5.69 Å². The molecule has 0 radical (unpaired) electrons. The van der Waals surface area contributed by atoms with Gasteiger partial charge in [-0.05, 0) is 43.2 Å². The van der Waals surface area contributed by atoms with Crippen LogP contribution < -0.4 is 9.62 Å². The number of amides is 2. The van der Waals surface area contributed by atoms with Crippen LogP contribution in [0.1, 0.15) is 12.5 Å². The second kappa shape index (κ2) is 10.6. The number of anilines is 1. The van der Waals surface area contributed by atoms with Crippen LogP contribution in [0.2, 0.25) is 0 Å². The fourth-order valence-corrected chi connectivity index (χ4v) is 4.11. The van der Waals surface area contributed by atoms with Gasteiger partial charge in [0.1, 0.15) is 12.6 Å². The van der Waals surface area contributed by atoms with Gasteiger partial charge in [-0.15, -0.1) is 0 Å². The molecule has 0 aliphatic carbocycles. The summed E-state index contributed by atoms with van der Waals surface area (Å²) < 4.78 is 26.6. The zero-order valence-electron chi connectivity index (χ0n) is 17.2. The van der Waals surface area contributed by atoms with Crippen molar-refractivity contribution in [1.82, 2.24) is 10.2 Å². The van der Waals surface area contributed by atoms with Crippen molar-refractivity contribution in [3.05, 3.63) is 64.6 Å². The number of nitrogens with one attached hydrogen (secondary N) is 1. The summed E-state index contributed by atoms with van der Waals surface area (Å²) in [7, 11) is -2.20. The summed E-state index contributed by atoms with van der Waals surface area (Å²) in [5.41, 5.74) is 1.40. The second-order valence-electron chi connectivity index (χ2n) is 6.86. The number of carbonyl (C=O) groups is 2. The van der Waals surface area contributed by atoms with Crippen molar-refractivity contribution in [2.75, 3.05) is 30.7 Å². The molecule has 0 spiro atoms. The summed E-state index contributed by atoms with van der Waals surface area (Å²) in [6.45, 7) is 1.53.